The zero-order valence-corrected chi connectivity index (χ0v) is 13.7. The van der Waals surface area contributed by atoms with Gasteiger partial charge in [0, 0.05) is 17.2 Å². The van der Waals surface area contributed by atoms with Crippen molar-refractivity contribution in [2.45, 2.75) is 26.8 Å². The number of hydrogen-bond donors (Lipinski definition) is 2. The quantitative estimate of drug-likeness (QED) is 0.883. The van der Waals surface area contributed by atoms with Crippen molar-refractivity contribution in [2.24, 2.45) is 5.92 Å². The lowest BCUT2D eigenvalue weighted by molar-refractivity contribution is -0.118. The van der Waals surface area contributed by atoms with Crippen molar-refractivity contribution in [3.05, 3.63) is 65.7 Å². The first-order valence-electron chi connectivity index (χ1n) is 7.74. The van der Waals surface area contributed by atoms with Crippen molar-refractivity contribution in [3.8, 4) is 0 Å². The molecule has 0 fully saturated rings. The highest BCUT2D eigenvalue weighted by atomic mass is 16.2. The van der Waals surface area contributed by atoms with Gasteiger partial charge in [0.25, 0.3) is 5.91 Å². The second-order valence-corrected chi connectivity index (χ2v) is 5.83. The first-order valence-corrected chi connectivity index (χ1v) is 7.74. The fraction of sp³-hybridized carbons (Fsp3) is 0.263. The van der Waals surface area contributed by atoms with E-state index >= 15 is 0 Å². The van der Waals surface area contributed by atoms with E-state index in [1.807, 2.05) is 51.1 Å². The lowest BCUT2D eigenvalue weighted by atomic mass is 10.1. The van der Waals surface area contributed by atoms with Crippen LogP contribution in [0.4, 0.5) is 5.69 Å². The van der Waals surface area contributed by atoms with Crippen LogP contribution in [0.15, 0.2) is 54.6 Å². The van der Waals surface area contributed by atoms with Gasteiger partial charge in [0.2, 0.25) is 5.91 Å². The molecule has 120 valence electrons. The first kappa shape index (κ1) is 16.7. The van der Waals surface area contributed by atoms with E-state index in [4.69, 9.17) is 0 Å². The molecule has 23 heavy (non-hydrogen) atoms. The molecule has 2 N–H and O–H groups in total. The molecule has 4 nitrogen and oxygen atoms in total. The molecule has 0 heterocycles. The predicted molar refractivity (Wildman–Crippen MR) is 92.2 cm³/mol. The van der Waals surface area contributed by atoms with E-state index in [-0.39, 0.29) is 23.8 Å². The lowest BCUT2D eigenvalue weighted by Crippen LogP contribution is -2.26. The number of anilines is 1. The number of benzene rings is 2. The van der Waals surface area contributed by atoms with Gasteiger partial charge in [-0.3, -0.25) is 9.59 Å². The van der Waals surface area contributed by atoms with Crippen molar-refractivity contribution < 1.29 is 9.59 Å². The van der Waals surface area contributed by atoms with Crippen molar-refractivity contribution in [3.63, 3.8) is 0 Å². The topological polar surface area (TPSA) is 58.2 Å². The minimum atomic E-state index is -0.136. The summed E-state index contributed by atoms with van der Waals surface area (Å²) in [6, 6.07) is 16.6. The maximum atomic E-state index is 12.3. The highest BCUT2D eigenvalue weighted by molar-refractivity contribution is 5.96. The fourth-order valence-electron chi connectivity index (χ4n) is 2.10. The van der Waals surface area contributed by atoms with E-state index in [1.165, 1.54) is 0 Å². The van der Waals surface area contributed by atoms with E-state index in [0.717, 1.165) is 5.56 Å². The molecule has 0 saturated heterocycles. The largest absolute Gasteiger partial charge is 0.346 e. The molecule has 0 aliphatic heterocycles. The maximum absolute atomic E-state index is 12.3. The zero-order chi connectivity index (χ0) is 16.8. The van der Waals surface area contributed by atoms with Crippen molar-refractivity contribution in [1.82, 2.24) is 5.32 Å². The summed E-state index contributed by atoms with van der Waals surface area (Å²) in [4.78, 5) is 23.9. The summed E-state index contributed by atoms with van der Waals surface area (Å²) in [5.74, 6) is -0.257. The van der Waals surface area contributed by atoms with Gasteiger partial charge in [-0.25, -0.2) is 0 Å². The van der Waals surface area contributed by atoms with Crippen molar-refractivity contribution >= 4 is 17.5 Å². The number of hydrogen-bond acceptors (Lipinski definition) is 2. The molecule has 0 aliphatic carbocycles. The van der Waals surface area contributed by atoms with Gasteiger partial charge in [0.15, 0.2) is 0 Å². The molecule has 0 aliphatic rings. The second kappa shape index (κ2) is 7.58. The van der Waals surface area contributed by atoms with Crippen LogP contribution >= 0.6 is 0 Å². The third-order valence-electron chi connectivity index (χ3n) is 3.59. The van der Waals surface area contributed by atoms with E-state index in [2.05, 4.69) is 10.6 Å². The summed E-state index contributed by atoms with van der Waals surface area (Å²) in [6.07, 6.45) is 0. The SMILES string of the molecule is CC(C)C(=O)Nc1ccc(C(=O)N[C@H](C)c2ccccc2)cc1. The molecule has 0 bridgehead atoms. The molecule has 2 aromatic carbocycles. The Labute approximate surface area is 136 Å². The molecular weight excluding hydrogens is 288 g/mol. The van der Waals surface area contributed by atoms with Gasteiger partial charge in [0.05, 0.1) is 6.04 Å². The van der Waals surface area contributed by atoms with Crippen molar-refractivity contribution in [2.75, 3.05) is 5.32 Å². The Kier molecular flexibility index (Phi) is 5.52. The average molecular weight is 310 g/mol. The number of carbonyl (C=O) groups is 2. The van der Waals surface area contributed by atoms with Crippen LogP contribution in [0.3, 0.4) is 0 Å². The van der Waals surface area contributed by atoms with Gasteiger partial charge < -0.3 is 10.6 Å². The van der Waals surface area contributed by atoms with Crippen LogP contribution in [0.1, 0.15) is 42.7 Å². The predicted octanol–water partition coefficient (Wildman–Crippen LogP) is 3.77. The van der Waals surface area contributed by atoms with Gasteiger partial charge in [-0.05, 0) is 36.8 Å². The summed E-state index contributed by atoms with van der Waals surface area (Å²) >= 11 is 0. The minimum Gasteiger partial charge on any atom is -0.346 e. The molecular formula is C19H22N2O2. The van der Waals surface area contributed by atoms with Crippen LogP contribution < -0.4 is 10.6 Å². The summed E-state index contributed by atoms with van der Waals surface area (Å²) < 4.78 is 0. The molecule has 1 atom stereocenters. The lowest BCUT2D eigenvalue weighted by Gasteiger charge is -2.14. The molecule has 4 heteroatoms. The highest BCUT2D eigenvalue weighted by Crippen LogP contribution is 2.14. The standard InChI is InChI=1S/C19H22N2O2/c1-13(2)18(22)21-17-11-9-16(10-12-17)19(23)20-14(3)15-7-5-4-6-8-15/h4-14H,1-3H3,(H,20,23)(H,21,22)/t14-/m1/s1. The summed E-state index contributed by atoms with van der Waals surface area (Å²) in [5, 5.41) is 5.77. The van der Waals surface area contributed by atoms with Gasteiger partial charge >= 0.3 is 0 Å². The number of carbonyl (C=O) groups excluding carboxylic acids is 2. The Morgan fingerprint density at radius 3 is 2.04 bits per heavy atom. The first-order chi connectivity index (χ1) is 11.0. The molecule has 0 unspecified atom stereocenters. The molecule has 0 saturated carbocycles. The van der Waals surface area contributed by atoms with Gasteiger partial charge in [-0.2, -0.15) is 0 Å². The van der Waals surface area contributed by atoms with Gasteiger partial charge in [-0.1, -0.05) is 44.2 Å². The number of rotatable bonds is 5. The van der Waals surface area contributed by atoms with E-state index in [9.17, 15) is 9.59 Å². The Hall–Kier alpha value is -2.62. The maximum Gasteiger partial charge on any atom is 0.251 e. The van der Waals surface area contributed by atoms with Crippen LogP contribution in [0.25, 0.3) is 0 Å². The summed E-state index contributed by atoms with van der Waals surface area (Å²) in [7, 11) is 0. The third kappa shape index (κ3) is 4.68. The van der Waals surface area contributed by atoms with E-state index in [0.29, 0.717) is 11.3 Å². The van der Waals surface area contributed by atoms with Crippen molar-refractivity contribution in [1.29, 1.82) is 0 Å². The molecule has 2 aromatic rings. The highest BCUT2D eigenvalue weighted by Gasteiger charge is 2.12. The molecule has 0 radical (unpaired) electrons. The Bertz CT molecular complexity index is 664. The molecule has 0 aromatic heterocycles. The zero-order valence-electron chi connectivity index (χ0n) is 13.7. The number of nitrogens with one attached hydrogen (secondary N) is 2. The molecule has 0 spiro atoms. The number of amides is 2. The average Bonchev–Trinajstić information content (AvgIpc) is 2.56. The second-order valence-electron chi connectivity index (χ2n) is 5.83. The molecule has 2 amide bonds. The Balaban J connectivity index is 1.99. The van der Waals surface area contributed by atoms with Crippen LogP contribution in [0, 0.1) is 5.92 Å². The van der Waals surface area contributed by atoms with E-state index < -0.39 is 0 Å². The minimum absolute atomic E-state index is 0.0418. The molecule has 2 rings (SSSR count). The van der Waals surface area contributed by atoms with Crippen LogP contribution in [-0.4, -0.2) is 11.8 Å². The Morgan fingerprint density at radius 1 is 0.870 bits per heavy atom. The van der Waals surface area contributed by atoms with Gasteiger partial charge in [-0.15, -0.1) is 0 Å². The van der Waals surface area contributed by atoms with E-state index in [1.54, 1.807) is 24.3 Å². The summed E-state index contributed by atoms with van der Waals surface area (Å²) in [6.45, 7) is 5.62. The van der Waals surface area contributed by atoms with Crippen LogP contribution in [0.5, 0.6) is 0 Å². The normalized spacial score (nSPS) is 11.8. The van der Waals surface area contributed by atoms with Gasteiger partial charge in [0.1, 0.15) is 0 Å². The monoisotopic (exact) mass is 310 g/mol. The fourth-order valence-corrected chi connectivity index (χ4v) is 2.10. The smallest absolute Gasteiger partial charge is 0.251 e. The summed E-state index contributed by atoms with van der Waals surface area (Å²) in [5.41, 5.74) is 2.31. The van der Waals surface area contributed by atoms with Crippen LogP contribution in [-0.2, 0) is 4.79 Å². The Morgan fingerprint density at radius 2 is 1.48 bits per heavy atom. The van der Waals surface area contributed by atoms with Crippen LogP contribution in [0.2, 0.25) is 0 Å². The third-order valence-corrected chi connectivity index (χ3v) is 3.59.